The van der Waals surface area contributed by atoms with Crippen molar-refractivity contribution in [1.82, 2.24) is 5.32 Å². The van der Waals surface area contributed by atoms with Crippen molar-refractivity contribution in [3.63, 3.8) is 0 Å². The standard InChI is InChI=1S/C7H10F3NO2/c1-3(2)4-5(7(8,9)10)13-6(12)11-4/h3-5H,1-2H3,(H,11,12)/t4-,5?/m1/s1. The third-order valence-corrected chi connectivity index (χ3v) is 1.89. The molecular weight excluding hydrogens is 187 g/mol. The molecule has 1 heterocycles. The monoisotopic (exact) mass is 197 g/mol. The Labute approximate surface area is 73.2 Å². The summed E-state index contributed by atoms with van der Waals surface area (Å²) in [6.07, 6.45) is -7.50. The van der Waals surface area contributed by atoms with Crippen molar-refractivity contribution in [2.24, 2.45) is 5.92 Å². The van der Waals surface area contributed by atoms with E-state index in [-0.39, 0.29) is 5.92 Å². The number of hydrogen-bond acceptors (Lipinski definition) is 2. The predicted molar refractivity (Wildman–Crippen MR) is 38.1 cm³/mol. The van der Waals surface area contributed by atoms with Crippen LogP contribution in [0.1, 0.15) is 13.8 Å². The van der Waals surface area contributed by atoms with Crippen LogP contribution in [0, 0.1) is 5.92 Å². The van der Waals surface area contributed by atoms with Gasteiger partial charge in [-0.15, -0.1) is 0 Å². The van der Waals surface area contributed by atoms with Gasteiger partial charge in [0, 0.05) is 0 Å². The minimum Gasteiger partial charge on any atom is -0.434 e. The zero-order valence-electron chi connectivity index (χ0n) is 7.18. The highest BCUT2D eigenvalue weighted by atomic mass is 19.4. The second kappa shape index (κ2) is 3.08. The maximum Gasteiger partial charge on any atom is 0.427 e. The molecule has 0 saturated carbocycles. The van der Waals surface area contributed by atoms with Crippen LogP contribution in [0.2, 0.25) is 0 Å². The van der Waals surface area contributed by atoms with E-state index in [4.69, 9.17) is 0 Å². The van der Waals surface area contributed by atoms with Crippen molar-refractivity contribution in [1.29, 1.82) is 0 Å². The summed E-state index contributed by atoms with van der Waals surface area (Å²) >= 11 is 0. The molecule has 3 nitrogen and oxygen atoms in total. The Hall–Kier alpha value is -0.940. The van der Waals surface area contributed by atoms with Crippen molar-refractivity contribution in [2.75, 3.05) is 0 Å². The molecule has 6 heteroatoms. The highest BCUT2D eigenvalue weighted by Gasteiger charge is 2.53. The van der Waals surface area contributed by atoms with Gasteiger partial charge in [-0.05, 0) is 5.92 Å². The molecule has 1 amide bonds. The molecule has 0 aliphatic carbocycles. The number of nitrogens with one attached hydrogen (secondary N) is 1. The maximum absolute atomic E-state index is 12.2. The van der Waals surface area contributed by atoms with E-state index < -0.39 is 24.4 Å². The van der Waals surface area contributed by atoms with E-state index in [0.717, 1.165) is 0 Å². The van der Waals surface area contributed by atoms with Gasteiger partial charge in [0.2, 0.25) is 6.10 Å². The summed E-state index contributed by atoms with van der Waals surface area (Å²) in [5.74, 6) is -0.307. The fraction of sp³-hybridized carbons (Fsp3) is 0.857. The SMILES string of the molecule is CC(C)[C@H]1NC(=O)OC1C(F)(F)F. The summed E-state index contributed by atoms with van der Waals surface area (Å²) < 4.78 is 40.8. The van der Waals surface area contributed by atoms with E-state index in [9.17, 15) is 18.0 Å². The second-order valence-electron chi connectivity index (χ2n) is 3.28. The van der Waals surface area contributed by atoms with Crippen LogP contribution in [0.25, 0.3) is 0 Å². The molecule has 76 valence electrons. The topological polar surface area (TPSA) is 38.3 Å². The number of alkyl carbamates (subject to hydrolysis) is 1. The van der Waals surface area contributed by atoms with Crippen molar-refractivity contribution < 1.29 is 22.7 Å². The molecule has 1 aliphatic heterocycles. The Balaban J connectivity index is 2.78. The Morgan fingerprint density at radius 2 is 2.00 bits per heavy atom. The first-order valence-electron chi connectivity index (χ1n) is 3.86. The molecule has 1 saturated heterocycles. The predicted octanol–water partition coefficient (Wildman–Crippen LogP) is 1.68. The highest BCUT2D eigenvalue weighted by Crippen LogP contribution is 2.31. The maximum atomic E-state index is 12.2. The molecule has 0 aromatic heterocycles. The van der Waals surface area contributed by atoms with Crippen LogP contribution in [0.4, 0.5) is 18.0 Å². The Kier molecular flexibility index (Phi) is 2.40. The molecule has 2 atom stereocenters. The van der Waals surface area contributed by atoms with E-state index >= 15 is 0 Å². The van der Waals surface area contributed by atoms with Gasteiger partial charge in [-0.2, -0.15) is 13.2 Å². The first-order valence-corrected chi connectivity index (χ1v) is 3.86. The van der Waals surface area contributed by atoms with Gasteiger partial charge < -0.3 is 10.1 Å². The molecule has 1 aliphatic rings. The summed E-state index contributed by atoms with van der Waals surface area (Å²) in [5.41, 5.74) is 0. The van der Waals surface area contributed by atoms with Crippen LogP contribution in [-0.2, 0) is 4.74 Å². The zero-order valence-corrected chi connectivity index (χ0v) is 7.18. The zero-order chi connectivity index (χ0) is 10.2. The van der Waals surface area contributed by atoms with Gasteiger partial charge in [-0.3, -0.25) is 0 Å². The Morgan fingerprint density at radius 1 is 1.46 bits per heavy atom. The molecule has 1 rings (SSSR count). The third-order valence-electron chi connectivity index (χ3n) is 1.89. The van der Waals surface area contributed by atoms with Crippen molar-refractivity contribution in [3.05, 3.63) is 0 Å². The second-order valence-corrected chi connectivity index (χ2v) is 3.28. The minimum absolute atomic E-state index is 0.307. The molecule has 0 bridgehead atoms. The van der Waals surface area contributed by atoms with Crippen LogP contribution in [-0.4, -0.2) is 24.4 Å². The molecule has 1 N–H and O–H groups in total. The summed E-state index contributed by atoms with van der Waals surface area (Å²) in [6, 6.07) is -0.979. The van der Waals surface area contributed by atoms with E-state index in [1.165, 1.54) is 0 Å². The Bertz CT molecular complexity index is 214. The molecule has 0 spiro atoms. The fourth-order valence-electron chi connectivity index (χ4n) is 1.22. The minimum atomic E-state index is -4.49. The lowest BCUT2D eigenvalue weighted by Crippen LogP contribution is -2.44. The number of hydrogen-bond donors (Lipinski definition) is 1. The van der Waals surface area contributed by atoms with E-state index in [0.29, 0.717) is 0 Å². The van der Waals surface area contributed by atoms with Gasteiger partial charge in [0.15, 0.2) is 0 Å². The molecule has 1 unspecified atom stereocenters. The molecular formula is C7H10F3NO2. The molecule has 1 fully saturated rings. The van der Waals surface area contributed by atoms with Gasteiger partial charge in [0.1, 0.15) is 0 Å². The van der Waals surface area contributed by atoms with Gasteiger partial charge in [-0.25, -0.2) is 4.79 Å². The number of amides is 1. The average molecular weight is 197 g/mol. The number of carbonyl (C=O) groups is 1. The van der Waals surface area contributed by atoms with E-state index in [2.05, 4.69) is 10.1 Å². The van der Waals surface area contributed by atoms with Crippen LogP contribution >= 0.6 is 0 Å². The van der Waals surface area contributed by atoms with E-state index in [1.54, 1.807) is 13.8 Å². The highest BCUT2D eigenvalue weighted by molar-refractivity contribution is 5.70. The van der Waals surface area contributed by atoms with Gasteiger partial charge in [0.25, 0.3) is 0 Å². The quantitative estimate of drug-likeness (QED) is 0.694. The van der Waals surface area contributed by atoms with Gasteiger partial charge >= 0.3 is 12.3 Å². The van der Waals surface area contributed by atoms with Gasteiger partial charge in [-0.1, -0.05) is 13.8 Å². The van der Waals surface area contributed by atoms with Crippen LogP contribution < -0.4 is 5.32 Å². The number of ether oxygens (including phenoxy) is 1. The smallest absolute Gasteiger partial charge is 0.427 e. The van der Waals surface area contributed by atoms with Crippen molar-refractivity contribution in [3.8, 4) is 0 Å². The lowest BCUT2D eigenvalue weighted by molar-refractivity contribution is -0.201. The molecule has 0 aromatic carbocycles. The number of rotatable bonds is 1. The lowest BCUT2D eigenvalue weighted by atomic mass is 9.99. The Morgan fingerprint density at radius 3 is 2.31 bits per heavy atom. The van der Waals surface area contributed by atoms with E-state index in [1.807, 2.05) is 0 Å². The molecule has 13 heavy (non-hydrogen) atoms. The summed E-state index contributed by atoms with van der Waals surface area (Å²) in [6.45, 7) is 3.19. The number of carbonyl (C=O) groups excluding carboxylic acids is 1. The number of alkyl halides is 3. The summed E-state index contributed by atoms with van der Waals surface area (Å²) in [7, 11) is 0. The van der Waals surface area contributed by atoms with Crippen molar-refractivity contribution in [2.45, 2.75) is 32.2 Å². The van der Waals surface area contributed by atoms with Crippen LogP contribution in [0.3, 0.4) is 0 Å². The summed E-state index contributed by atoms with van der Waals surface area (Å²) in [4.78, 5) is 10.6. The van der Waals surface area contributed by atoms with Crippen LogP contribution in [0.15, 0.2) is 0 Å². The number of cyclic esters (lactones) is 1. The largest absolute Gasteiger partial charge is 0.434 e. The first kappa shape index (κ1) is 10.1. The summed E-state index contributed by atoms with van der Waals surface area (Å²) in [5, 5.41) is 2.13. The van der Waals surface area contributed by atoms with Crippen LogP contribution in [0.5, 0.6) is 0 Å². The number of halogens is 3. The van der Waals surface area contributed by atoms with Gasteiger partial charge in [0.05, 0.1) is 6.04 Å². The normalized spacial score (nSPS) is 28.9. The lowest BCUT2D eigenvalue weighted by Gasteiger charge is -2.21. The fourth-order valence-corrected chi connectivity index (χ4v) is 1.22. The first-order chi connectivity index (χ1) is 5.82. The third kappa shape index (κ3) is 2.05. The molecule has 0 radical (unpaired) electrons. The average Bonchev–Trinajstić information content (AvgIpc) is 2.29. The molecule has 0 aromatic rings. The van der Waals surface area contributed by atoms with Crippen molar-refractivity contribution >= 4 is 6.09 Å².